The molecular formula is C31H33N3O5. The molecular weight excluding hydrogens is 494 g/mol. The van der Waals surface area contributed by atoms with Crippen LogP contribution >= 0.6 is 0 Å². The van der Waals surface area contributed by atoms with Crippen molar-refractivity contribution in [3.63, 3.8) is 0 Å². The molecule has 0 atom stereocenters. The number of fused-ring (bicyclic) bond motifs is 2. The van der Waals surface area contributed by atoms with Crippen LogP contribution in [-0.2, 0) is 13.0 Å². The highest BCUT2D eigenvalue weighted by molar-refractivity contribution is 5.99. The van der Waals surface area contributed by atoms with Gasteiger partial charge >= 0.3 is 5.97 Å². The lowest BCUT2D eigenvalue weighted by molar-refractivity contribution is 0.0696. The van der Waals surface area contributed by atoms with Crippen molar-refractivity contribution in [3.05, 3.63) is 101 Å². The maximum atomic E-state index is 12.2. The van der Waals surface area contributed by atoms with Crippen molar-refractivity contribution in [1.29, 1.82) is 0 Å². The number of anilines is 1. The summed E-state index contributed by atoms with van der Waals surface area (Å²) in [5, 5.41) is 13.7. The minimum Gasteiger partial charge on any atom is -0.493 e. The number of nitrogens with two attached hydrogens (primary N) is 1. The minimum absolute atomic E-state index is 0.132. The number of aromatic carboxylic acids is 1. The molecule has 0 spiro atoms. The van der Waals surface area contributed by atoms with Gasteiger partial charge in [-0.1, -0.05) is 42.5 Å². The van der Waals surface area contributed by atoms with Gasteiger partial charge in [-0.2, -0.15) is 0 Å². The number of hydrogen-bond acceptors (Lipinski definition) is 6. The molecule has 8 heteroatoms. The Hall–Kier alpha value is -4.56. The van der Waals surface area contributed by atoms with Crippen LogP contribution in [0, 0.1) is 0 Å². The van der Waals surface area contributed by atoms with Gasteiger partial charge in [-0.25, -0.2) is 4.79 Å². The number of ether oxygens (including phenoxy) is 2. The molecule has 0 unspecified atom stereocenters. The number of rotatable bonds is 7. The number of nitrogens with one attached hydrogen (secondary N) is 1. The number of nitrogens with zero attached hydrogens (tertiary/aromatic N) is 1. The number of carboxylic acids is 1. The predicted octanol–water partition coefficient (Wildman–Crippen LogP) is 4.61. The standard InChI is InChI=1S/C20H25N3O3.C11H8O2/c1-25-18-11-14-7-9-23(13-15(14)12-19(18)26-2)10-8-22-20(24)16-5-3-4-6-17(16)21;12-11(13)10-6-5-8-3-1-2-4-9(8)7-10/h3-6,11-12H,7-10,13,21H2,1-2H3,(H,22,24);1-7H,(H,12,13). The van der Waals surface area contributed by atoms with E-state index in [2.05, 4.69) is 16.3 Å². The number of hydrogen-bond donors (Lipinski definition) is 3. The van der Waals surface area contributed by atoms with E-state index in [1.165, 1.54) is 11.1 Å². The molecule has 4 N–H and O–H groups in total. The van der Waals surface area contributed by atoms with E-state index in [1.807, 2.05) is 48.5 Å². The smallest absolute Gasteiger partial charge is 0.335 e. The number of carbonyl (C=O) groups is 2. The second-order valence-corrected chi connectivity index (χ2v) is 9.21. The minimum atomic E-state index is -0.884. The van der Waals surface area contributed by atoms with E-state index in [-0.39, 0.29) is 5.91 Å². The van der Waals surface area contributed by atoms with Gasteiger partial charge in [0.05, 0.1) is 25.3 Å². The average Bonchev–Trinajstić information content (AvgIpc) is 2.96. The lowest BCUT2D eigenvalue weighted by Crippen LogP contribution is -2.38. The molecule has 1 amide bonds. The molecule has 8 nitrogen and oxygen atoms in total. The van der Waals surface area contributed by atoms with Crippen molar-refractivity contribution in [1.82, 2.24) is 10.2 Å². The van der Waals surface area contributed by atoms with Gasteiger partial charge in [0.15, 0.2) is 11.5 Å². The summed E-state index contributed by atoms with van der Waals surface area (Å²) in [6.07, 6.45) is 0.954. The fourth-order valence-electron chi connectivity index (χ4n) is 4.58. The van der Waals surface area contributed by atoms with Crippen LogP contribution in [0.2, 0.25) is 0 Å². The summed E-state index contributed by atoms with van der Waals surface area (Å²) in [5.41, 5.74) is 9.73. The molecule has 0 saturated heterocycles. The number of nitrogen functional groups attached to an aromatic ring is 1. The number of amides is 1. The van der Waals surface area contributed by atoms with E-state index in [4.69, 9.17) is 20.3 Å². The number of carbonyl (C=O) groups excluding carboxylic acids is 1. The summed E-state index contributed by atoms with van der Waals surface area (Å²) in [6, 6.07) is 24.0. The van der Waals surface area contributed by atoms with Crippen LogP contribution in [0.25, 0.3) is 10.8 Å². The summed E-state index contributed by atoms with van der Waals surface area (Å²) >= 11 is 0. The highest BCUT2D eigenvalue weighted by Crippen LogP contribution is 2.33. The molecule has 5 rings (SSSR count). The fourth-order valence-corrected chi connectivity index (χ4v) is 4.58. The number of para-hydroxylation sites is 1. The van der Waals surface area contributed by atoms with Crippen LogP contribution < -0.4 is 20.5 Å². The molecule has 4 aromatic rings. The fraction of sp³-hybridized carbons (Fsp3) is 0.226. The third kappa shape index (κ3) is 6.86. The molecule has 0 aromatic heterocycles. The van der Waals surface area contributed by atoms with Crippen LogP contribution in [0.5, 0.6) is 11.5 Å². The average molecular weight is 528 g/mol. The largest absolute Gasteiger partial charge is 0.493 e. The Morgan fingerprint density at radius 3 is 2.26 bits per heavy atom. The van der Waals surface area contributed by atoms with E-state index in [0.717, 1.165) is 48.3 Å². The van der Waals surface area contributed by atoms with E-state index in [1.54, 1.807) is 38.5 Å². The molecule has 0 aliphatic carbocycles. The maximum absolute atomic E-state index is 12.2. The lowest BCUT2D eigenvalue weighted by Gasteiger charge is -2.29. The highest BCUT2D eigenvalue weighted by atomic mass is 16.5. The van der Waals surface area contributed by atoms with E-state index in [9.17, 15) is 9.59 Å². The van der Waals surface area contributed by atoms with E-state index in [0.29, 0.717) is 23.4 Å². The highest BCUT2D eigenvalue weighted by Gasteiger charge is 2.19. The van der Waals surface area contributed by atoms with Gasteiger partial charge in [0, 0.05) is 31.9 Å². The molecule has 0 bridgehead atoms. The Morgan fingerprint density at radius 2 is 1.56 bits per heavy atom. The number of carboxylic acid groups (broad SMARTS) is 1. The van der Waals surface area contributed by atoms with Gasteiger partial charge in [0.2, 0.25) is 0 Å². The van der Waals surface area contributed by atoms with Crippen molar-refractivity contribution >= 4 is 28.3 Å². The summed E-state index contributed by atoms with van der Waals surface area (Å²) in [7, 11) is 3.30. The summed E-state index contributed by atoms with van der Waals surface area (Å²) in [4.78, 5) is 25.2. The first kappa shape index (κ1) is 27.5. The first-order valence-electron chi connectivity index (χ1n) is 12.7. The summed E-state index contributed by atoms with van der Waals surface area (Å²) < 4.78 is 10.8. The topological polar surface area (TPSA) is 114 Å². The van der Waals surface area contributed by atoms with Crippen molar-refractivity contribution in [2.75, 3.05) is 39.6 Å². The number of methoxy groups -OCH3 is 2. The van der Waals surface area contributed by atoms with E-state index < -0.39 is 5.97 Å². The van der Waals surface area contributed by atoms with Gasteiger partial charge in [0.25, 0.3) is 5.91 Å². The third-order valence-electron chi connectivity index (χ3n) is 6.71. The zero-order valence-corrected chi connectivity index (χ0v) is 22.1. The zero-order valence-electron chi connectivity index (χ0n) is 22.1. The second kappa shape index (κ2) is 12.8. The van der Waals surface area contributed by atoms with Crippen molar-refractivity contribution in [2.45, 2.75) is 13.0 Å². The van der Waals surface area contributed by atoms with Crippen LogP contribution in [0.4, 0.5) is 5.69 Å². The first-order chi connectivity index (χ1) is 18.9. The molecule has 0 fully saturated rings. The van der Waals surface area contributed by atoms with E-state index >= 15 is 0 Å². The third-order valence-corrected chi connectivity index (χ3v) is 6.71. The monoisotopic (exact) mass is 527 g/mol. The van der Waals surface area contributed by atoms with Crippen LogP contribution in [0.15, 0.2) is 78.9 Å². The molecule has 1 heterocycles. The molecule has 202 valence electrons. The Labute approximate surface area is 228 Å². The predicted molar refractivity (Wildman–Crippen MR) is 153 cm³/mol. The Kier molecular flexibility index (Phi) is 9.01. The molecule has 39 heavy (non-hydrogen) atoms. The zero-order chi connectivity index (χ0) is 27.8. The Balaban J connectivity index is 0.000000226. The molecule has 1 aliphatic rings. The Morgan fingerprint density at radius 1 is 0.897 bits per heavy atom. The molecule has 0 saturated carbocycles. The van der Waals surface area contributed by atoms with Crippen LogP contribution in [0.1, 0.15) is 31.8 Å². The molecule has 0 radical (unpaired) electrons. The Bertz CT molecular complexity index is 1470. The van der Waals surface area contributed by atoms with Crippen LogP contribution in [-0.4, -0.2) is 55.7 Å². The van der Waals surface area contributed by atoms with Gasteiger partial charge < -0.3 is 25.6 Å². The van der Waals surface area contributed by atoms with Gasteiger partial charge in [-0.15, -0.1) is 0 Å². The SMILES string of the molecule is COc1cc2c(cc1OC)CN(CCNC(=O)c1ccccc1N)CC2.O=C(O)c1ccc2ccccc2c1. The molecule has 4 aromatic carbocycles. The quantitative estimate of drug-likeness (QED) is 0.301. The normalized spacial score (nSPS) is 12.6. The van der Waals surface area contributed by atoms with Crippen LogP contribution in [0.3, 0.4) is 0 Å². The van der Waals surface area contributed by atoms with Gasteiger partial charge in [0.1, 0.15) is 0 Å². The van der Waals surface area contributed by atoms with Crippen molar-refractivity contribution in [2.24, 2.45) is 0 Å². The molecule has 1 aliphatic heterocycles. The summed E-state index contributed by atoms with van der Waals surface area (Å²) in [6.45, 7) is 3.15. The lowest BCUT2D eigenvalue weighted by atomic mass is 9.99. The number of benzene rings is 4. The summed E-state index contributed by atoms with van der Waals surface area (Å²) in [5.74, 6) is 0.506. The second-order valence-electron chi connectivity index (χ2n) is 9.21. The van der Waals surface area contributed by atoms with Gasteiger partial charge in [-0.3, -0.25) is 9.69 Å². The first-order valence-corrected chi connectivity index (χ1v) is 12.7. The van der Waals surface area contributed by atoms with Crippen molar-refractivity contribution < 1.29 is 24.2 Å². The van der Waals surface area contributed by atoms with Gasteiger partial charge in [-0.05, 0) is 64.7 Å². The maximum Gasteiger partial charge on any atom is 0.335 e. The van der Waals surface area contributed by atoms with Crippen molar-refractivity contribution in [3.8, 4) is 11.5 Å².